The molecule has 4 nitrogen and oxygen atoms in total. The van der Waals surface area contributed by atoms with Crippen LogP contribution in [0.25, 0.3) is 0 Å². The van der Waals surface area contributed by atoms with Crippen LogP contribution in [0.15, 0.2) is 18.5 Å². The first kappa shape index (κ1) is 13.3. The number of amides is 1. The van der Waals surface area contributed by atoms with Gasteiger partial charge in [-0.3, -0.25) is 10.3 Å². The molecule has 6 heteroatoms. The van der Waals surface area contributed by atoms with Crippen molar-refractivity contribution in [1.82, 2.24) is 4.98 Å². The van der Waals surface area contributed by atoms with Crippen molar-refractivity contribution in [2.45, 2.75) is 32.8 Å². The number of pyridine rings is 1. The van der Waals surface area contributed by atoms with E-state index in [1.807, 2.05) is 0 Å². The van der Waals surface area contributed by atoms with Crippen LogP contribution in [0.3, 0.4) is 0 Å². The highest BCUT2D eigenvalue weighted by Gasteiger charge is 2.19. The minimum atomic E-state index is -2.68. The van der Waals surface area contributed by atoms with E-state index < -0.39 is 18.1 Å². The summed E-state index contributed by atoms with van der Waals surface area (Å²) in [5, 5.41) is 2.24. The van der Waals surface area contributed by atoms with Crippen molar-refractivity contribution in [2.75, 3.05) is 5.32 Å². The minimum absolute atomic E-state index is 0.0447. The largest absolute Gasteiger partial charge is 0.444 e. The van der Waals surface area contributed by atoms with Crippen LogP contribution in [-0.4, -0.2) is 16.7 Å². The molecule has 0 saturated carbocycles. The summed E-state index contributed by atoms with van der Waals surface area (Å²) in [7, 11) is 0. The zero-order valence-corrected chi connectivity index (χ0v) is 9.83. The van der Waals surface area contributed by atoms with E-state index in [2.05, 4.69) is 10.3 Å². The SMILES string of the molecule is CC(C)(C)OC(=O)Nc1cnccc1C(F)F. The Hall–Kier alpha value is -1.72. The van der Waals surface area contributed by atoms with Gasteiger partial charge in [0.15, 0.2) is 0 Å². The number of ether oxygens (including phenoxy) is 1. The van der Waals surface area contributed by atoms with Gasteiger partial charge in [0.05, 0.1) is 11.9 Å². The topological polar surface area (TPSA) is 51.2 Å². The van der Waals surface area contributed by atoms with E-state index in [1.54, 1.807) is 20.8 Å². The van der Waals surface area contributed by atoms with Gasteiger partial charge in [0, 0.05) is 11.8 Å². The molecule has 94 valence electrons. The Labute approximate surface area is 98.0 Å². The van der Waals surface area contributed by atoms with Crippen LogP contribution in [0.2, 0.25) is 0 Å². The van der Waals surface area contributed by atoms with Crippen LogP contribution in [0.1, 0.15) is 32.8 Å². The Bertz CT molecular complexity index is 403. The molecule has 0 atom stereocenters. The number of carbonyl (C=O) groups excluding carboxylic acids is 1. The van der Waals surface area contributed by atoms with Crippen molar-refractivity contribution in [1.29, 1.82) is 0 Å². The fourth-order valence-corrected chi connectivity index (χ4v) is 1.11. The van der Waals surface area contributed by atoms with Crippen molar-refractivity contribution in [3.63, 3.8) is 0 Å². The number of rotatable bonds is 2. The van der Waals surface area contributed by atoms with Gasteiger partial charge in [-0.15, -0.1) is 0 Å². The molecule has 17 heavy (non-hydrogen) atoms. The van der Waals surface area contributed by atoms with Gasteiger partial charge in [-0.25, -0.2) is 13.6 Å². The van der Waals surface area contributed by atoms with E-state index in [-0.39, 0.29) is 11.3 Å². The van der Waals surface area contributed by atoms with Gasteiger partial charge in [0.25, 0.3) is 6.43 Å². The summed E-state index contributed by atoms with van der Waals surface area (Å²) < 4.78 is 30.1. The van der Waals surface area contributed by atoms with Crippen LogP contribution < -0.4 is 5.32 Å². The van der Waals surface area contributed by atoms with E-state index in [0.29, 0.717) is 0 Å². The van der Waals surface area contributed by atoms with E-state index in [0.717, 1.165) is 12.3 Å². The number of nitrogens with zero attached hydrogens (tertiary/aromatic N) is 1. The highest BCUT2D eigenvalue weighted by atomic mass is 19.3. The highest BCUT2D eigenvalue weighted by Crippen LogP contribution is 2.26. The molecular formula is C11H14F2N2O2. The summed E-state index contributed by atoms with van der Waals surface area (Å²) in [5.41, 5.74) is -1.01. The lowest BCUT2D eigenvalue weighted by Crippen LogP contribution is -2.27. The van der Waals surface area contributed by atoms with Gasteiger partial charge in [0.1, 0.15) is 5.60 Å². The molecule has 0 aliphatic rings. The molecule has 1 aromatic heterocycles. The Morgan fingerprint density at radius 2 is 2.12 bits per heavy atom. The molecule has 0 saturated heterocycles. The van der Waals surface area contributed by atoms with Crippen LogP contribution in [0.5, 0.6) is 0 Å². The van der Waals surface area contributed by atoms with Gasteiger partial charge in [0.2, 0.25) is 0 Å². The maximum absolute atomic E-state index is 12.6. The van der Waals surface area contributed by atoms with Gasteiger partial charge < -0.3 is 4.74 Å². The maximum Gasteiger partial charge on any atom is 0.412 e. The normalized spacial score (nSPS) is 11.4. The molecule has 0 spiro atoms. The molecule has 1 heterocycles. The molecule has 0 aromatic carbocycles. The molecule has 0 radical (unpaired) electrons. The summed E-state index contributed by atoms with van der Waals surface area (Å²) in [6, 6.07) is 1.15. The van der Waals surface area contributed by atoms with Crippen molar-refractivity contribution in [3.8, 4) is 0 Å². The third-order valence-electron chi connectivity index (χ3n) is 1.73. The Morgan fingerprint density at radius 3 is 2.65 bits per heavy atom. The number of halogens is 2. The third-order valence-corrected chi connectivity index (χ3v) is 1.73. The predicted molar refractivity (Wildman–Crippen MR) is 59.1 cm³/mol. The van der Waals surface area contributed by atoms with Gasteiger partial charge in [-0.05, 0) is 26.8 Å². The lowest BCUT2D eigenvalue weighted by atomic mass is 10.2. The highest BCUT2D eigenvalue weighted by molar-refractivity contribution is 5.85. The fourth-order valence-electron chi connectivity index (χ4n) is 1.11. The minimum Gasteiger partial charge on any atom is -0.444 e. The van der Waals surface area contributed by atoms with Crippen molar-refractivity contribution in [2.24, 2.45) is 0 Å². The number of aromatic nitrogens is 1. The second-order valence-electron chi connectivity index (χ2n) is 4.39. The van der Waals surface area contributed by atoms with Crippen molar-refractivity contribution in [3.05, 3.63) is 24.0 Å². The Morgan fingerprint density at radius 1 is 1.47 bits per heavy atom. The first-order valence-corrected chi connectivity index (χ1v) is 5.01. The quantitative estimate of drug-likeness (QED) is 0.867. The standard InChI is InChI=1S/C11H14F2N2O2/c1-11(2,3)17-10(16)15-8-6-14-5-4-7(8)9(12)13/h4-6,9H,1-3H3,(H,15,16). The van der Waals surface area contributed by atoms with Crippen LogP contribution >= 0.6 is 0 Å². The lowest BCUT2D eigenvalue weighted by molar-refractivity contribution is 0.0635. The third kappa shape index (κ3) is 4.34. The molecule has 0 aliphatic heterocycles. The summed E-state index contributed by atoms with van der Waals surface area (Å²) in [5.74, 6) is 0. The van der Waals surface area contributed by atoms with E-state index in [1.165, 1.54) is 6.20 Å². The number of alkyl halides is 2. The van der Waals surface area contributed by atoms with Gasteiger partial charge in [-0.2, -0.15) is 0 Å². The average molecular weight is 244 g/mol. The van der Waals surface area contributed by atoms with E-state index >= 15 is 0 Å². The summed E-state index contributed by atoms with van der Waals surface area (Å²) in [6.45, 7) is 5.05. The van der Waals surface area contributed by atoms with Crippen LogP contribution in [0, 0.1) is 0 Å². The van der Waals surface area contributed by atoms with Gasteiger partial charge in [-0.1, -0.05) is 0 Å². The summed E-state index contributed by atoms with van der Waals surface area (Å²) in [6.07, 6.45) is -1.07. The first-order valence-electron chi connectivity index (χ1n) is 5.01. The van der Waals surface area contributed by atoms with Crippen LogP contribution in [-0.2, 0) is 4.74 Å². The number of anilines is 1. The molecule has 0 aliphatic carbocycles. The predicted octanol–water partition coefficient (Wildman–Crippen LogP) is 3.37. The number of hydrogen-bond donors (Lipinski definition) is 1. The molecule has 0 unspecified atom stereocenters. The molecule has 1 amide bonds. The second-order valence-corrected chi connectivity index (χ2v) is 4.39. The Kier molecular flexibility index (Phi) is 3.98. The van der Waals surface area contributed by atoms with Crippen molar-refractivity contribution >= 4 is 11.8 Å². The zero-order valence-electron chi connectivity index (χ0n) is 9.83. The number of carbonyl (C=O) groups is 1. The van der Waals surface area contributed by atoms with Crippen molar-refractivity contribution < 1.29 is 18.3 Å². The second kappa shape index (κ2) is 5.07. The fraction of sp³-hybridized carbons (Fsp3) is 0.455. The first-order chi connectivity index (χ1) is 7.79. The molecule has 1 aromatic rings. The molecule has 0 bridgehead atoms. The van der Waals surface area contributed by atoms with Gasteiger partial charge >= 0.3 is 6.09 Å². The molecular weight excluding hydrogens is 230 g/mol. The summed E-state index contributed by atoms with van der Waals surface area (Å²) >= 11 is 0. The molecule has 1 N–H and O–H groups in total. The monoisotopic (exact) mass is 244 g/mol. The molecule has 0 fully saturated rings. The van der Waals surface area contributed by atoms with E-state index in [9.17, 15) is 13.6 Å². The van der Waals surface area contributed by atoms with E-state index in [4.69, 9.17) is 4.74 Å². The zero-order chi connectivity index (χ0) is 13.1. The lowest BCUT2D eigenvalue weighted by Gasteiger charge is -2.20. The Balaban J connectivity index is 2.78. The maximum atomic E-state index is 12.6. The number of hydrogen-bond acceptors (Lipinski definition) is 3. The molecule has 1 rings (SSSR count). The summed E-state index contributed by atoms with van der Waals surface area (Å²) in [4.78, 5) is 15.1. The van der Waals surface area contributed by atoms with Crippen LogP contribution in [0.4, 0.5) is 19.3 Å². The smallest absolute Gasteiger partial charge is 0.412 e. The number of nitrogens with one attached hydrogen (secondary N) is 1. The average Bonchev–Trinajstić information content (AvgIpc) is 2.14.